The second-order valence-corrected chi connectivity index (χ2v) is 17.2. The summed E-state index contributed by atoms with van der Waals surface area (Å²) < 4.78 is 2.59. The summed E-state index contributed by atoms with van der Waals surface area (Å²) in [4.78, 5) is 2.41. The van der Waals surface area contributed by atoms with Crippen molar-refractivity contribution in [1.82, 2.24) is 0 Å². The first kappa shape index (κ1) is 32.5. The molecule has 57 heavy (non-hydrogen) atoms. The molecule has 1 nitrogen and oxygen atoms in total. The third-order valence-corrected chi connectivity index (χ3v) is 13.7. The van der Waals surface area contributed by atoms with Crippen LogP contribution in [-0.4, -0.2) is 0 Å². The van der Waals surface area contributed by atoms with Gasteiger partial charge in [-0.1, -0.05) is 153 Å². The second-order valence-electron chi connectivity index (χ2n) is 16.1. The molecule has 2 heteroatoms. The lowest BCUT2D eigenvalue weighted by Crippen LogP contribution is -2.15. The molecule has 0 aliphatic heterocycles. The van der Waals surface area contributed by atoms with E-state index in [-0.39, 0.29) is 5.41 Å². The first-order valence-electron chi connectivity index (χ1n) is 19.8. The monoisotopic (exact) mass is 743 g/mol. The van der Waals surface area contributed by atoms with Gasteiger partial charge in [0.1, 0.15) is 0 Å². The van der Waals surface area contributed by atoms with E-state index in [9.17, 15) is 0 Å². The van der Waals surface area contributed by atoms with Crippen molar-refractivity contribution in [3.63, 3.8) is 0 Å². The van der Waals surface area contributed by atoms with Gasteiger partial charge >= 0.3 is 0 Å². The summed E-state index contributed by atoms with van der Waals surface area (Å²) in [7, 11) is 0. The maximum atomic E-state index is 2.41. The summed E-state index contributed by atoms with van der Waals surface area (Å²) in [5.41, 5.74) is 11.4. The maximum absolute atomic E-state index is 2.41. The molecule has 0 fully saturated rings. The normalized spacial score (nSPS) is 13.2. The van der Waals surface area contributed by atoms with Crippen LogP contribution in [0.1, 0.15) is 25.0 Å². The Morgan fingerprint density at radius 2 is 0.930 bits per heavy atom. The third-order valence-electron chi connectivity index (χ3n) is 12.6. The molecule has 0 amide bonds. The molecule has 0 bridgehead atoms. The molecule has 0 N–H and O–H groups in total. The van der Waals surface area contributed by atoms with Gasteiger partial charge in [-0.2, -0.15) is 0 Å². The van der Waals surface area contributed by atoms with Crippen LogP contribution in [-0.2, 0) is 5.41 Å². The van der Waals surface area contributed by atoms with Crippen molar-refractivity contribution < 1.29 is 0 Å². The van der Waals surface area contributed by atoms with Crippen LogP contribution in [0.5, 0.6) is 0 Å². The van der Waals surface area contributed by atoms with Crippen molar-refractivity contribution in [2.45, 2.75) is 19.3 Å². The Kier molecular flexibility index (Phi) is 6.91. The summed E-state index contributed by atoms with van der Waals surface area (Å²) in [5.74, 6) is 0. The molecule has 0 spiro atoms. The average molecular weight is 744 g/mol. The fourth-order valence-electron chi connectivity index (χ4n) is 9.79. The molecule has 11 aromatic rings. The Morgan fingerprint density at radius 1 is 0.368 bits per heavy atom. The average Bonchev–Trinajstić information content (AvgIpc) is 3.74. The molecule has 0 saturated carbocycles. The molecule has 10 aromatic carbocycles. The quantitative estimate of drug-likeness (QED) is 0.162. The second kappa shape index (κ2) is 12.1. The number of hydrogen-bond donors (Lipinski definition) is 0. The molecular formula is C55H37NS. The fraction of sp³-hybridized carbons (Fsp3) is 0.0545. The highest BCUT2D eigenvalue weighted by Gasteiger charge is 2.35. The fourth-order valence-corrected chi connectivity index (χ4v) is 11.0. The lowest BCUT2D eigenvalue weighted by molar-refractivity contribution is 0.660. The van der Waals surface area contributed by atoms with Crippen molar-refractivity contribution in [3.8, 4) is 22.3 Å². The molecule has 0 unspecified atom stereocenters. The highest BCUT2D eigenvalue weighted by atomic mass is 32.1. The van der Waals surface area contributed by atoms with E-state index >= 15 is 0 Å². The van der Waals surface area contributed by atoms with E-state index in [1.54, 1.807) is 0 Å². The lowest BCUT2D eigenvalue weighted by atomic mass is 9.82. The van der Waals surface area contributed by atoms with Crippen molar-refractivity contribution in [2.24, 2.45) is 0 Å². The standard InChI is InChI=1S/C55H37NS/c1-55(2)49-15-9-8-14-45(49)48-32-41(25-29-50(48)55)56(40-11-4-3-5-12-40)42-24-28-47-46-27-23-38(31-51(46)57-52(47)33-42)37-22-26-44-39(30-37)21-20-36-19-18-35-17-16-34-10-6-7-13-43(34)53(35)54(36)44/h3-33H,1-2H3. The van der Waals surface area contributed by atoms with Gasteiger partial charge in [0.25, 0.3) is 0 Å². The van der Waals surface area contributed by atoms with E-state index in [0.717, 1.165) is 11.4 Å². The van der Waals surface area contributed by atoms with E-state index in [2.05, 4.69) is 207 Å². The number of nitrogens with zero attached hydrogens (tertiary/aromatic N) is 1. The van der Waals surface area contributed by atoms with Crippen molar-refractivity contribution in [3.05, 3.63) is 199 Å². The third kappa shape index (κ3) is 4.87. The van der Waals surface area contributed by atoms with Crippen molar-refractivity contribution in [1.29, 1.82) is 0 Å². The minimum Gasteiger partial charge on any atom is -0.310 e. The molecule has 1 heterocycles. The Labute approximate surface area is 335 Å². The maximum Gasteiger partial charge on any atom is 0.0476 e. The van der Waals surface area contributed by atoms with Crippen molar-refractivity contribution in [2.75, 3.05) is 4.90 Å². The van der Waals surface area contributed by atoms with Crippen molar-refractivity contribution >= 4 is 91.7 Å². The zero-order chi connectivity index (χ0) is 37.8. The van der Waals surface area contributed by atoms with E-state index in [4.69, 9.17) is 0 Å². The number of hydrogen-bond acceptors (Lipinski definition) is 2. The molecule has 1 aliphatic carbocycles. The molecular weight excluding hydrogens is 707 g/mol. The van der Waals surface area contributed by atoms with Crippen LogP contribution < -0.4 is 4.90 Å². The van der Waals surface area contributed by atoms with Gasteiger partial charge in [-0.15, -0.1) is 11.3 Å². The minimum atomic E-state index is -0.0255. The minimum absolute atomic E-state index is 0.0255. The van der Waals surface area contributed by atoms with Crippen LogP contribution in [0, 0.1) is 0 Å². The smallest absolute Gasteiger partial charge is 0.0476 e. The molecule has 0 saturated heterocycles. The van der Waals surface area contributed by atoms with Crippen LogP contribution in [0.4, 0.5) is 17.1 Å². The summed E-state index contributed by atoms with van der Waals surface area (Å²) in [5, 5.41) is 13.0. The first-order chi connectivity index (χ1) is 28.0. The lowest BCUT2D eigenvalue weighted by Gasteiger charge is -2.27. The molecule has 0 atom stereocenters. The molecule has 1 aromatic heterocycles. The number of fused-ring (bicyclic) bond motifs is 13. The van der Waals surface area contributed by atoms with E-state index < -0.39 is 0 Å². The topological polar surface area (TPSA) is 3.24 Å². The first-order valence-corrected chi connectivity index (χ1v) is 20.6. The number of benzene rings is 10. The molecule has 12 rings (SSSR count). The Morgan fingerprint density at radius 3 is 1.74 bits per heavy atom. The highest BCUT2D eigenvalue weighted by Crippen LogP contribution is 2.51. The zero-order valence-electron chi connectivity index (χ0n) is 31.8. The highest BCUT2D eigenvalue weighted by molar-refractivity contribution is 7.25. The van der Waals surface area contributed by atoms with Crippen LogP contribution in [0.3, 0.4) is 0 Å². The Hall–Kier alpha value is -6.74. The Bertz CT molecular complexity index is 3440. The van der Waals surface area contributed by atoms with Gasteiger partial charge in [-0.05, 0) is 125 Å². The largest absolute Gasteiger partial charge is 0.310 e. The summed E-state index contributed by atoms with van der Waals surface area (Å²) in [6.45, 7) is 4.69. The molecule has 0 radical (unpaired) electrons. The van der Waals surface area contributed by atoms with Gasteiger partial charge in [-0.3, -0.25) is 0 Å². The predicted octanol–water partition coefficient (Wildman–Crippen LogP) is 16.1. The SMILES string of the molecule is CC1(C)c2ccccc2-c2cc(N(c3ccccc3)c3ccc4c(c3)sc3cc(-c5ccc6c(ccc7ccc8ccc9ccccc9c8c76)c5)ccc34)ccc21. The van der Waals surface area contributed by atoms with Crippen LogP contribution in [0.2, 0.25) is 0 Å². The number of rotatable bonds is 4. The molecule has 268 valence electrons. The number of para-hydroxylation sites is 1. The summed E-state index contributed by atoms with van der Waals surface area (Å²) in [6, 6.07) is 70.1. The van der Waals surface area contributed by atoms with Crippen LogP contribution in [0.25, 0.3) is 85.5 Å². The van der Waals surface area contributed by atoms with Gasteiger partial charge in [0, 0.05) is 42.6 Å². The van der Waals surface area contributed by atoms with E-state index in [1.807, 2.05) is 11.3 Å². The van der Waals surface area contributed by atoms with Gasteiger partial charge in [-0.25, -0.2) is 0 Å². The van der Waals surface area contributed by atoms with Crippen LogP contribution >= 0.6 is 11.3 Å². The van der Waals surface area contributed by atoms with Gasteiger partial charge in [0.2, 0.25) is 0 Å². The van der Waals surface area contributed by atoms with Gasteiger partial charge in [0.15, 0.2) is 0 Å². The van der Waals surface area contributed by atoms with Gasteiger partial charge < -0.3 is 4.90 Å². The van der Waals surface area contributed by atoms with E-state index in [1.165, 1.54) is 102 Å². The summed E-state index contributed by atoms with van der Waals surface area (Å²) >= 11 is 1.88. The predicted molar refractivity (Wildman–Crippen MR) is 247 cm³/mol. The summed E-state index contributed by atoms with van der Waals surface area (Å²) in [6.07, 6.45) is 0. The number of anilines is 3. The van der Waals surface area contributed by atoms with Gasteiger partial charge in [0.05, 0.1) is 0 Å². The number of thiophene rings is 1. The molecule has 1 aliphatic rings. The van der Waals surface area contributed by atoms with E-state index in [0.29, 0.717) is 0 Å². The Balaban J connectivity index is 0.961. The zero-order valence-corrected chi connectivity index (χ0v) is 32.6. The van der Waals surface area contributed by atoms with Crippen LogP contribution in [0.15, 0.2) is 188 Å².